The van der Waals surface area contributed by atoms with Crippen LogP contribution in [0, 0.1) is 10.1 Å². The molecule has 0 unspecified atom stereocenters. The van der Waals surface area contributed by atoms with Gasteiger partial charge in [-0.15, -0.1) is 0 Å². The van der Waals surface area contributed by atoms with Crippen LogP contribution in [0.1, 0.15) is 25.0 Å². The van der Waals surface area contributed by atoms with Crippen LogP contribution in [0.3, 0.4) is 0 Å². The first-order valence-corrected chi connectivity index (χ1v) is 8.02. The number of hydrogen-bond donors (Lipinski definition) is 0. The molecule has 132 valence electrons. The minimum atomic E-state index is -0.555. The van der Waals surface area contributed by atoms with Crippen LogP contribution in [-0.2, 0) is 14.3 Å². The summed E-state index contributed by atoms with van der Waals surface area (Å²) in [5, 5.41) is 11.2. The highest BCUT2D eigenvalue weighted by molar-refractivity contribution is 6.43. The zero-order chi connectivity index (χ0) is 18.8. The number of fused-ring (bicyclic) bond motifs is 1. The number of benzene rings is 2. The molecule has 7 heteroatoms. The van der Waals surface area contributed by atoms with Crippen LogP contribution in [0.25, 0.3) is 11.3 Å². The van der Waals surface area contributed by atoms with Crippen molar-refractivity contribution < 1.29 is 19.2 Å². The zero-order valence-corrected chi connectivity index (χ0v) is 14.3. The van der Waals surface area contributed by atoms with Gasteiger partial charge in [0, 0.05) is 30.2 Å². The van der Waals surface area contributed by atoms with E-state index in [-0.39, 0.29) is 11.3 Å². The largest absolute Gasteiger partial charge is 0.492 e. The van der Waals surface area contributed by atoms with Crippen LogP contribution in [-0.4, -0.2) is 23.3 Å². The van der Waals surface area contributed by atoms with Crippen LogP contribution in [0.4, 0.5) is 11.4 Å². The normalized spacial score (nSPS) is 14.8. The molecule has 1 aliphatic rings. The van der Waals surface area contributed by atoms with Crippen LogP contribution in [0.2, 0.25) is 0 Å². The topological polar surface area (TPSA) is 89.8 Å². The lowest BCUT2D eigenvalue weighted by Crippen LogP contribution is -2.31. The van der Waals surface area contributed by atoms with Crippen LogP contribution >= 0.6 is 0 Å². The third-order valence-electron chi connectivity index (χ3n) is 3.98. The summed E-state index contributed by atoms with van der Waals surface area (Å²) in [4.78, 5) is 36.6. The van der Waals surface area contributed by atoms with Crippen molar-refractivity contribution in [1.82, 2.24) is 0 Å². The molecule has 0 bridgehead atoms. The van der Waals surface area contributed by atoms with Crippen molar-refractivity contribution in [2.75, 3.05) is 11.5 Å². The predicted molar refractivity (Wildman–Crippen MR) is 96.1 cm³/mol. The van der Waals surface area contributed by atoms with E-state index in [0.29, 0.717) is 29.2 Å². The molecule has 0 aromatic heterocycles. The molecule has 0 N–H and O–H groups in total. The van der Waals surface area contributed by atoms with Gasteiger partial charge in [0.25, 0.3) is 11.6 Å². The highest BCUT2D eigenvalue weighted by Crippen LogP contribution is 2.42. The van der Waals surface area contributed by atoms with Gasteiger partial charge in [-0.2, -0.15) is 0 Å². The van der Waals surface area contributed by atoms with Gasteiger partial charge in [-0.3, -0.25) is 19.7 Å². The smallest absolute Gasteiger partial charge is 0.270 e. The second-order valence-corrected chi connectivity index (χ2v) is 5.62. The molecule has 26 heavy (non-hydrogen) atoms. The van der Waals surface area contributed by atoms with Gasteiger partial charge in [-0.05, 0) is 13.0 Å². The zero-order valence-electron chi connectivity index (χ0n) is 14.3. The van der Waals surface area contributed by atoms with Gasteiger partial charge in [0.15, 0.2) is 0 Å². The first kappa shape index (κ1) is 17.3. The molecule has 0 radical (unpaired) electrons. The van der Waals surface area contributed by atoms with Gasteiger partial charge in [-0.1, -0.05) is 30.3 Å². The Morgan fingerprint density at radius 1 is 1.19 bits per heavy atom. The van der Waals surface area contributed by atoms with E-state index in [0.717, 1.165) is 4.90 Å². The van der Waals surface area contributed by atoms with Gasteiger partial charge in [0.1, 0.15) is 5.76 Å². The lowest BCUT2D eigenvalue weighted by molar-refractivity contribution is -0.384. The van der Waals surface area contributed by atoms with Crippen molar-refractivity contribution in [3.63, 3.8) is 0 Å². The van der Waals surface area contributed by atoms with E-state index in [9.17, 15) is 19.7 Å². The fraction of sp³-hybridized carbons (Fsp3) is 0.158. The van der Waals surface area contributed by atoms with Crippen molar-refractivity contribution in [3.8, 4) is 0 Å². The first-order valence-electron chi connectivity index (χ1n) is 8.02. The number of carbonyl (C=O) groups is 2. The summed E-state index contributed by atoms with van der Waals surface area (Å²) >= 11 is 0. The number of amides is 2. The summed E-state index contributed by atoms with van der Waals surface area (Å²) in [6.45, 7) is 3.35. The number of rotatable bonds is 4. The molecule has 0 saturated carbocycles. The lowest BCUT2D eigenvalue weighted by Gasteiger charge is -2.13. The molecular formula is C19H16N2O5. The average molecular weight is 352 g/mol. The van der Waals surface area contributed by atoms with Crippen molar-refractivity contribution in [2.24, 2.45) is 0 Å². The molecule has 1 aliphatic heterocycles. The predicted octanol–water partition coefficient (Wildman–Crippen LogP) is 3.39. The standard InChI is InChI=1S/C19H16N2O5/c1-3-26-18(13-7-5-4-6-8-13)17-15-11-14(21(24)25)9-10-16(15)20(12(2)22)19(17)23/h4-11H,3H2,1-2H3/b18-17+. The third-order valence-corrected chi connectivity index (χ3v) is 3.98. The summed E-state index contributed by atoms with van der Waals surface area (Å²) in [6, 6.07) is 13.0. The van der Waals surface area contributed by atoms with E-state index in [1.54, 1.807) is 31.2 Å². The fourth-order valence-corrected chi connectivity index (χ4v) is 2.93. The number of carbonyl (C=O) groups excluding carboxylic acids is 2. The number of anilines is 1. The lowest BCUT2D eigenvalue weighted by atomic mass is 10.0. The maximum Gasteiger partial charge on any atom is 0.270 e. The number of nitrogens with zero attached hydrogens (tertiary/aromatic N) is 2. The maximum atomic E-state index is 13.0. The Kier molecular flexibility index (Phi) is 4.53. The minimum absolute atomic E-state index is 0.145. The monoisotopic (exact) mass is 352 g/mol. The highest BCUT2D eigenvalue weighted by atomic mass is 16.6. The molecule has 1 heterocycles. The number of non-ortho nitro benzene ring substituents is 1. The van der Waals surface area contributed by atoms with Crippen molar-refractivity contribution in [3.05, 3.63) is 69.8 Å². The van der Waals surface area contributed by atoms with Crippen molar-refractivity contribution in [2.45, 2.75) is 13.8 Å². The van der Waals surface area contributed by atoms with Crippen LogP contribution in [0.5, 0.6) is 0 Å². The number of nitro benzene ring substituents is 1. The minimum Gasteiger partial charge on any atom is -0.492 e. The SMILES string of the molecule is CCO/C(=C1/C(=O)N(C(C)=O)c2ccc([N+](=O)[O-])cc21)c1ccccc1. The molecule has 2 amide bonds. The Balaban J connectivity index is 2.33. The van der Waals surface area contributed by atoms with Crippen LogP contribution < -0.4 is 4.90 Å². The number of ether oxygens (including phenoxy) is 1. The first-order chi connectivity index (χ1) is 12.5. The Labute approximate surface area is 149 Å². The Morgan fingerprint density at radius 2 is 1.88 bits per heavy atom. The second-order valence-electron chi connectivity index (χ2n) is 5.62. The van der Waals surface area contributed by atoms with E-state index < -0.39 is 16.7 Å². The highest BCUT2D eigenvalue weighted by Gasteiger charge is 2.39. The molecule has 2 aromatic rings. The van der Waals surface area contributed by atoms with E-state index >= 15 is 0 Å². The van der Waals surface area contributed by atoms with Gasteiger partial charge in [0.2, 0.25) is 5.91 Å². The van der Waals surface area contributed by atoms with Crippen molar-refractivity contribution in [1.29, 1.82) is 0 Å². The molecule has 0 atom stereocenters. The summed E-state index contributed by atoms with van der Waals surface area (Å²) in [6.07, 6.45) is 0. The average Bonchev–Trinajstić information content (AvgIpc) is 2.91. The van der Waals surface area contributed by atoms with Crippen molar-refractivity contribution >= 4 is 34.5 Å². The Hall–Kier alpha value is -3.48. The molecule has 0 spiro atoms. The molecule has 7 nitrogen and oxygen atoms in total. The molecular weight excluding hydrogens is 336 g/mol. The molecule has 0 aliphatic carbocycles. The fourth-order valence-electron chi connectivity index (χ4n) is 2.93. The quantitative estimate of drug-likeness (QED) is 0.364. The number of nitro groups is 1. The van der Waals surface area contributed by atoms with E-state index in [1.165, 1.54) is 25.1 Å². The summed E-state index contributed by atoms with van der Waals surface area (Å²) in [7, 11) is 0. The van der Waals surface area contributed by atoms with Gasteiger partial charge in [0.05, 0.1) is 22.8 Å². The summed E-state index contributed by atoms with van der Waals surface area (Å²) < 4.78 is 5.72. The Morgan fingerprint density at radius 3 is 2.46 bits per heavy atom. The second kappa shape index (κ2) is 6.79. The molecule has 3 rings (SSSR count). The van der Waals surface area contributed by atoms with Crippen LogP contribution in [0.15, 0.2) is 48.5 Å². The van der Waals surface area contributed by atoms with Gasteiger partial charge in [-0.25, -0.2) is 4.90 Å². The maximum absolute atomic E-state index is 13.0. The molecule has 0 fully saturated rings. The van der Waals surface area contributed by atoms with Gasteiger partial charge >= 0.3 is 0 Å². The van der Waals surface area contributed by atoms with E-state index in [4.69, 9.17) is 4.74 Å². The third kappa shape index (κ3) is 2.83. The summed E-state index contributed by atoms with van der Waals surface area (Å²) in [5.41, 5.74) is 1.26. The van der Waals surface area contributed by atoms with E-state index in [1.807, 2.05) is 6.07 Å². The Bertz CT molecular complexity index is 934. The molecule has 2 aromatic carbocycles. The van der Waals surface area contributed by atoms with Gasteiger partial charge < -0.3 is 4.74 Å². The molecule has 0 saturated heterocycles. The number of hydrogen-bond acceptors (Lipinski definition) is 5. The van der Waals surface area contributed by atoms with E-state index in [2.05, 4.69) is 0 Å². The number of imide groups is 1. The summed E-state index contributed by atoms with van der Waals surface area (Å²) in [5.74, 6) is -0.729.